The molecule has 4 rings (SSSR count). The highest BCUT2D eigenvalue weighted by Gasteiger charge is 2.46. The van der Waals surface area contributed by atoms with E-state index in [1.54, 1.807) is 18.2 Å². The minimum Gasteiger partial charge on any atom is -0.481 e. The van der Waals surface area contributed by atoms with Gasteiger partial charge in [-0.1, -0.05) is 23.7 Å². The Morgan fingerprint density at radius 2 is 2.14 bits per heavy atom. The molecule has 0 radical (unpaired) electrons. The molecule has 2 aromatic heterocycles. The molecule has 1 saturated heterocycles. The number of nitrogens with zero attached hydrogens (tertiary/aromatic N) is 3. The van der Waals surface area contributed by atoms with E-state index in [1.807, 2.05) is 11.8 Å². The average molecular weight is 520 g/mol. The van der Waals surface area contributed by atoms with E-state index in [4.69, 9.17) is 16.3 Å². The summed E-state index contributed by atoms with van der Waals surface area (Å²) < 4.78 is 34.7. The van der Waals surface area contributed by atoms with Crippen LogP contribution in [0.1, 0.15) is 29.8 Å². The summed E-state index contributed by atoms with van der Waals surface area (Å²) in [4.78, 5) is 18.9. The number of ether oxygens (including phenoxy) is 1. The monoisotopic (exact) mass is 519 g/mol. The number of carboxylic acid groups (broad SMARTS) is 1. The number of aryl methyl sites for hydroxylation is 1. The molecule has 3 aromatic rings. The SMILES string of the molecule is COCC1CC(Cc2nc(Nc3cc(C)[nH]n3)ccc2F)(C(=O)O)CCN1Cc1cccc(Cl)c1F. The van der Waals surface area contributed by atoms with Crippen LogP contribution in [0.3, 0.4) is 0 Å². The molecule has 0 bridgehead atoms. The predicted octanol–water partition coefficient (Wildman–Crippen LogP) is 4.71. The third-order valence-corrected chi connectivity index (χ3v) is 6.92. The van der Waals surface area contributed by atoms with Gasteiger partial charge in [-0.2, -0.15) is 5.10 Å². The van der Waals surface area contributed by atoms with E-state index in [9.17, 15) is 18.7 Å². The second kappa shape index (κ2) is 10.9. The quantitative estimate of drug-likeness (QED) is 0.376. The normalized spacial score (nSPS) is 20.4. The van der Waals surface area contributed by atoms with Crippen molar-refractivity contribution in [3.8, 4) is 0 Å². The molecule has 1 fully saturated rings. The van der Waals surface area contributed by atoms with E-state index in [2.05, 4.69) is 20.5 Å². The maximum absolute atomic E-state index is 14.8. The second-order valence-electron chi connectivity index (χ2n) is 9.20. The minimum absolute atomic E-state index is 0.0349. The Hall–Kier alpha value is -3.08. The van der Waals surface area contributed by atoms with E-state index in [1.165, 1.54) is 25.3 Å². The fourth-order valence-corrected chi connectivity index (χ4v) is 4.91. The number of aromatic amines is 1. The van der Waals surface area contributed by atoms with E-state index in [0.717, 1.165) is 5.69 Å². The number of H-pyrrole nitrogens is 1. The van der Waals surface area contributed by atoms with E-state index < -0.39 is 23.0 Å². The Bertz CT molecular complexity index is 1240. The van der Waals surface area contributed by atoms with Crippen LogP contribution in [0.2, 0.25) is 5.02 Å². The maximum atomic E-state index is 14.8. The van der Waals surface area contributed by atoms with Crippen LogP contribution in [-0.4, -0.2) is 57.5 Å². The third kappa shape index (κ3) is 5.66. The summed E-state index contributed by atoms with van der Waals surface area (Å²) in [7, 11) is 1.53. The first-order chi connectivity index (χ1) is 17.2. The highest BCUT2D eigenvalue weighted by Crippen LogP contribution is 2.40. The molecule has 36 heavy (non-hydrogen) atoms. The van der Waals surface area contributed by atoms with E-state index in [-0.39, 0.29) is 49.2 Å². The molecule has 2 atom stereocenters. The van der Waals surface area contributed by atoms with Crippen LogP contribution in [0, 0.1) is 24.0 Å². The van der Waals surface area contributed by atoms with Crippen LogP contribution in [0.15, 0.2) is 36.4 Å². The van der Waals surface area contributed by atoms with Gasteiger partial charge in [0.05, 0.1) is 22.7 Å². The molecule has 3 N–H and O–H groups in total. The van der Waals surface area contributed by atoms with E-state index in [0.29, 0.717) is 23.7 Å². The molecule has 0 aliphatic carbocycles. The molecule has 0 saturated carbocycles. The second-order valence-corrected chi connectivity index (χ2v) is 9.60. The van der Waals surface area contributed by atoms with Crippen molar-refractivity contribution in [2.75, 3.05) is 25.6 Å². The number of likely N-dealkylation sites (tertiary alicyclic amines) is 1. The topological polar surface area (TPSA) is 103 Å². The van der Waals surface area contributed by atoms with Crippen molar-refractivity contribution in [2.24, 2.45) is 5.41 Å². The summed E-state index contributed by atoms with van der Waals surface area (Å²) in [6, 6.07) is 9.01. The number of methoxy groups -OCH3 is 1. The fraction of sp³-hybridized carbons (Fsp3) is 0.400. The Morgan fingerprint density at radius 1 is 1.33 bits per heavy atom. The van der Waals surface area contributed by atoms with Gasteiger partial charge < -0.3 is 15.2 Å². The zero-order chi connectivity index (χ0) is 25.9. The predicted molar refractivity (Wildman–Crippen MR) is 131 cm³/mol. The molecular weight excluding hydrogens is 492 g/mol. The molecule has 3 heterocycles. The summed E-state index contributed by atoms with van der Waals surface area (Å²) in [6.45, 7) is 2.71. The summed E-state index contributed by atoms with van der Waals surface area (Å²) in [5.74, 6) is -1.22. The molecule has 1 aromatic carbocycles. The van der Waals surface area contributed by atoms with Crippen LogP contribution in [0.5, 0.6) is 0 Å². The van der Waals surface area contributed by atoms with Gasteiger partial charge >= 0.3 is 5.97 Å². The third-order valence-electron chi connectivity index (χ3n) is 6.62. The van der Waals surface area contributed by atoms with Gasteiger partial charge in [0.25, 0.3) is 0 Å². The lowest BCUT2D eigenvalue weighted by Gasteiger charge is -2.44. The van der Waals surface area contributed by atoms with Gasteiger partial charge in [0.2, 0.25) is 0 Å². The Kier molecular flexibility index (Phi) is 7.87. The van der Waals surface area contributed by atoms with Gasteiger partial charge in [-0.25, -0.2) is 13.8 Å². The highest BCUT2D eigenvalue weighted by atomic mass is 35.5. The largest absolute Gasteiger partial charge is 0.481 e. The molecular formula is C25H28ClF2N5O3. The Labute approximate surface area is 212 Å². The summed E-state index contributed by atoms with van der Waals surface area (Å²) >= 11 is 5.94. The number of rotatable bonds is 9. The number of anilines is 2. The van der Waals surface area contributed by atoms with Crippen LogP contribution in [-0.2, 0) is 22.5 Å². The van der Waals surface area contributed by atoms with Crippen molar-refractivity contribution < 1.29 is 23.4 Å². The van der Waals surface area contributed by atoms with Crippen LogP contribution >= 0.6 is 11.6 Å². The summed E-state index contributed by atoms with van der Waals surface area (Å²) in [5.41, 5.74) is 0.0621. The standard InChI is InChI=1S/C25H28ClF2N5O3/c1-15-10-22(32-31-15)30-21-7-6-19(27)20(29-21)12-25(24(34)35)8-9-33(17(11-25)14-36-2)13-16-4-3-5-18(26)23(16)28/h3-7,10,17H,8-9,11-14H2,1-2H3,(H,34,35)(H2,29,30,31,32). The molecule has 1 aliphatic rings. The zero-order valence-corrected chi connectivity index (χ0v) is 20.8. The van der Waals surface area contributed by atoms with Crippen LogP contribution in [0.4, 0.5) is 20.4 Å². The molecule has 2 unspecified atom stereocenters. The first kappa shape index (κ1) is 26.0. The smallest absolute Gasteiger partial charge is 0.310 e. The fourth-order valence-electron chi connectivity index (χ4n) is 4.72. The van der Waals surface area contributed by atoms with Crippen molar-refractivity contribution >= 4 is 29.2 Å². The van der Waals surface area contributed by atoms with Crippen molar-refractivity contribution in [3.63, 3.8) is 0 Å². The number of aliphatic carboxylic acids is 1. The van der Waals surface area contributed by atoms with Gasteiger partial charge in [-0.05, 0) is 44.5 Å². The molecule has 1 aliphatic heterocycles. The number of hydrogen-bond acceptors (Lipinski definition) is 6. The van der Waals surface area contributed by atoms with Crippen LogP contribution in [0.25, 0.3) is 0 Å². The van der Waals surface area contributed by atoms with Crippen molar-refractivity contribution in [1.29, 1.82) is 0 Å². The number of nitrogens with one attached hydrogen (secondary N) is 2. The van der Waals surface area contributed by atoms with Crippen molar-refractivity contribution in [1.82, 2.24) is 20.1 Å². The minimum atomic E-state index is -1.26. The van der Waals surface area contributed by atoms with Crippen molar-refractivity contribution in [2.45, 2.75) is 38.8 Å². The Morgan fingerprint density at radius 3 is 2.83 bits per heavy atom. The number of piperidine rings is 1. The van der Waals surface area contributed by atoms with Gasteiger partial charge in [0.15, 0.2) is 5.82 Å². The number of halogens is 3. The van der Waals surface area contributed by atoms with Gasteiger partial charge in [0.1, 0.15) is 17.5 Å². The molecule has 8 nitrogen and oxygen atoms in total. The number of benzene rings is 1. The average Bonchev–Trinajstić information content (AvgIpc) is 3.25. The summed E-state index contributed by atoms with van der Waals surface area (Å²) in [5, 5.41) is 20.2. The first-order valence-electron chi connectivity index (χ1n) is 11.5. The number of carboxylic acids is 1. The number of pyridine rings is 1. The van der Waals surface area contributed by atoms with Gasteiger partial charge in [-0.15, -0.1) is 0 Å². The molecule has 0 amide bonds. The first-order valence-corrected chi connectivity index (χ1v) is 11.9. The lowest BCUT2D eigenvalue weighted by molar-refractivity contribution is -0.154. The molecule has 0 spiro atoms. The molecule has 192 valence electrons. The number of carbonyl (C=O) groups is 1. The number of hydrogen-bond donors (Lipinski definition) is 3. The molecule has 11 heteroatoms. The lowest BCUT2D eigenvalue weighted by atomic mass is 9.72. The van der Waals surface area contributed by atoms with Crippen molar-refractivity contribution in [3.05, 3.63) is 70.0 Å². The lowest BCUT2D eigenvalue weighted by Crippen LogP contribution is -2.52. The number of aromatic nitrogens is 3. The summed E-state index contributed by atoms with van der Waals surface area (Å²) in [6.07, 6.45) is 0.334. The highest BCUT2D eigenvalue weighted by molar-refractivity contribution is 6.30. The van der Waals surface area contributed by atoms with Gasteiger partial charge in [0, 0.05) is 43.4 Å². The van der Waals surface area contributed by atoms with Crippen LogP contribution < -0.4 is 5.32 Å². The Balaban J connectivity index is 1.56. The maximum Gasteiger partial charge on any atom is 0.310 e. The van der Waals surface area contributed by atoms with E-state index >= 15 is 0 Å². The zero-order valence-electron chi connectivity index (χ0n) is 20.0. The van der Waals surface area contributed by atoms with Gasteiger partial charge in [-0.3, -0.25) is 14.8 Å².